The summed E-state index contributed by atoms with van der Waals surface area (Å²) in [6.07, 6.45) is 0. The van der Waals surface area contributed by atoms with Crippen LogP contribution >= 0.6 is 35.3 Å². The third-order valence-electron chi connectivity index (χ3n) is 4.44. The van der Waals surface area contributed by atoms with Gasteiger partial charge >= 0.3 is 0 Å². The number of likely N-dealkylation sites (N-methyl/N-ethyl adjacent to an activating group) is 1. The van der Waals surface area contributed by atoms with Crippen molar-refractivity contribution >= 4 is 56.6 Å². The molecule has 150 valence electrons. The maximum atomic E-state index is 13.6. The molecule has 0 spiro atoms. The minimum absolute atomic E-state index is 0. The van der Waals surface area contributed by atoms with Crippen LogP contribution in [0.15, 0.2) is 42.5 Å². The molecule has 0 saturated heterocycles. The Hall–Kier alpha value is -1.73. The van der Waals surface area contributed by atoms with Gasteiger partial charge in [-0.05, 0) is 43.4 Å². The Labute approximate surface area is 179 Å². The maximum Gasteiger partial charge on any atom is 0.260 e. The molecule has 0 aliphatic heterocycles. The Morgan fingerprint density at radius 3 is 2.50 bits per heavy atom. The number of carbonyl (C=O) groups is 1. The third kappa shape index (κ3) is 5.00. The van der Waals surface area contributed by atoms with Crippen molar-refractivity contribution in [3.63, 3.8) is 0 Å². The Morgan fingerprint density at radius 1 is 1.14 bits per heavy atom. The molecule has 0 aliphatic rings. The molecule has 3 rings (SSSR count). The van der Waals surface area contributed by atoms with Crippen molar-refractivity contribution in [1.82, 2.24) is 9.88 Å². The topological polar surface area (TPSA) is 36.4 Å². The molecule has 1 amide bonds. The highest BCUT2D eigenvalue weighted by molar-refractivity contribution is 7.22. The van der Waals surface area contributed by atoms with Gasteiger partial charge in [0.15, 0.2) is 5.13 Å². The number of aromatic nitrogens is 1. The van der Waals surface area contributed by atoms with E-state index in [2.05, 4.69) is 23.7 Å². The van der Waals surface area contributed by atoms with Crippen molar-refractivity contribution < 1.29 is 9.18 Å². The second kappa shape index (κ2) is 10.2. The quantitative estimate of drug-likeness (QED) is 0.485. The van der Waals surface area contributed by atoms with Crippen molar-refractivity contribution in [2.45, 2.75) is 13.8 Å². The van der Waals surface area contributed by atoms with Crippen LogP contribution in [0.3, 0.4) is 0 Å². The molecule has 1 heterocycles. The number of fused-ring (bicyclic) bond motifs is 1. The van der Waals surface area contributed by atoms with Gasteiger partial charge in [-0.15, -0.1) is 12.4 Å². The van der Waals surface area contributed by atoms with E-state index in [-0.39, 0.29) is 18.3 Å². The Kier molecular flexibility index (Phi) is 8.19. The van der Waals surface area contributed by atoms with Gasteiger partial charge in [0.2, 0.25) is 0 Å². The lowest BCUT2D eigenvalue weighted by molar-refractivity contribution is 0.0983. The summed E-state index contributed by atoms with van der Waals surface area (Å²) in [7, 11) is 0. The van der Waals surface area contributed by atoms with Gasteiger partial charge in [0.05, 0.1) is 9.72 Å². The molecule has 0 bridgehead atoms. The number of amides is 1. The largest absolute Gasteiger partial charge is 0.302 e. The number of nitrogens with zero attached hydrogens (tertiary/aromatic N) is 3. The number of hydrogen-bond acceptors (Lipinski definition) is 4. The van der Waals surface area contributed by atoms with Crippen molar-refractivity contribution in [1.29, 1.82) is 0 Å². The number of hydrogen-bond donors (Lipinski definition) is 0. The molecule has 4 nitrogen and oxygen atoms in total. The number of benzene rings is 2. The molecular weight excluding hydrogens is 420 g/mol. The lowest BCUT2D eigenvalue weighted by Crippen LogP contribution is -2.38. The number of anilines is 1. The molecule has 0 atom stereocenters. The first kappa shape index (κ1) is 22.6. The Morgan fingerprint density at radius 2 is 1.86 bits per heavy atom. The first-order chi connectivity index (χ1) is 13.0. The van der Waals surface area contributed by atoms with E-state index in [1.165, 1.54) is 23.5 Å². The average molecular weight is 442 g/mol. The van der Waals surface area contributed by atoms with Gasteiger partial charge < -0.3 is 4.90 Å². The number of halogens is 3. The van der Waals surface area contributed by atoms with E-state index < -0.39 is 5.82 Å². The zero-order chi connectivity index (χ0) is 19.4. The Bertz CT molecular complexity index is 946. The highest BCUT2D eigenvalue weighted by atomic mass is 35.5. The summed E-state index contributed by atoms with van der Waals surface area (Å²) in [5.41, 5.74) is 0.985. The second-order valence-corrected chi connectivity index (χ2v) is 7.49. The van der Waals surface area contributed by atoms with Crippen molar-refractivity contribution in [3.05, 3.63) is 58.9 Å². The van der Waals surface area contributed by atoms with E-state index in [4.69, 9.17) is 11.6 Å². The Balaban J connectivity index is 0.00000280. The fourth-order valence-corrected chi connectivity index (χ4v) is 4.15. The lowest BCUT2D eigenvalue weighted by Gasteiger charge is -2.24. The summed E-state index contributed by atoms with van der Waals surface area (Å²) in [5, 5.41) is 1.12. The van der Waals surface area contributed by atoms with Crippen LogP contribution in [-0.2, 0) is 0 Å². The minimum Gasteiger partial charge on any atom is -0.302 e. The van der Waals surface area contributed by atoms with Crippen LogP contribution in [0.2, 0.25) is 5.02 Å². The standard InChI is InChI=1S/C20H21ClFN3OS.ClH/c1-3-24(4-2)11-12-25(19(26)14-7-5-8-15(22)13-14)20-23-18-16(21)9-6-10-17(18)27-20;/h5-10,13H,3-4,11-12H2,1-2H3;1H. The highest BCUT2D eigenvalue weighted by Gasteiger charge is 2.22. The van der Waals surface area contributed by atoms with E-state index in [1.807, 2.05) is 12.1 Å². The van der Waals surface area contributed by atoms with Crippen molar-refractivity contribution in [2.75, 3.05) is 31.1 Å². The third-order valence-corrected chi connectivity index (χ3v) is 5.79. The molecule has 1 aromatic heterocycles. The zero-order valence-electron chi connectivity index (χ0n) is 15.7. The number of thiazole rings is 1. The predicted octanol–water partition coefficient (Wildman–Crippen LogP) is 5.50. The molecule has 0 fully saturated rings. The second-order valence-electron chi connectivity index (χ2n) is 6.08. The smallest absolute Gasteiger partial charge is 0.260 e. The van der Waals surface area contributed by atoms with Gasteiger partial charge in [0.25, 0.3) is 5.91 Å². The number of rotatable bonds is 7. The summed E-state index contributed by atoms with van der Waals surface area (Å²) < 4.78 is 14.5. The van der Waals surface area contributed by atoms with E-state index in [0.29, 0.717) is 34.3 Å². The molecule has 8 heteroatoms. The first-order valence-corrected chi connectivity index (χ1v) is 10.1. The summed E-state index contributed by atoms with van der Waals surface area (Å²) >= 11 is 7.66. The van der Waals surface area contributed by atoms with Crippen LogP contribution < -0.4 is 4.90 Å². The summed E-state index contributed by atoms with van der Waals surface area (Å²) in [6.45, 7) is 7.12. The average Bonchev–Trinajstić information content (AvgIpc) is 3.10. The molecule has 0 saturated carbocycles. The van der Waals surface area contributed by atoms with E-state index in [1.54, 1.807) is 23.1 Å². The monoisotopic (exact) mass is 441 g/mol. The van der Waals surface area contributed by atoms with Crippen LogP contribution in [0.1, 0.15) is 24.2 Å². The van der Waals surface area contributed by atoms with Gasteiger partial charge in [0.1, 0.15) is 11.3 Å². The van der Waals surface area contributed by atoms with Gasteiger partial charge in [-0.1, -0.05) is 48.9 Å². The minimum atomic E-state index is -0.433. The van der Waals surface area contributed by atoms with Crippen molar-refractivity contribution in [2.24, 2.45) is 0 Å². The summed E-state index contributed by atoms with van der Waals surface area (Å²) in [4.78, 5) is 21.6. The number of carbonyl (C=O) groups excluding carboxylic acids is 1. The lowest BCUT2D eigenvalue weighted by atomic mass is 10.2. The fourth-order valence-electron chi connectivity index (χ4n) is 2.86. The molecule has 28 heavy (non-hydrogen) atoms. The fraction of sp³-hybridized carbons (Fsp3) is 0.300. The van der Waals surface area contributed by atoms with Gasteiger partial charge in [0, 0.05) is 18.7 Å². The van der Waals surface area contributed by atoms with E-state index in [9.17, 15) is 9.18 Å². The van der Waals surface area contributed by atoms with Crippen LogP contribution in [0.25, 0.3) is 10.2 Å². The summed E-state index contributed by atoms with van der Waals surface area (Å²) in [5.74, 6) is -0.700. The molecule has 0 unspecified atom stereocenters. The van der Waals surface area contributed by atoms with Crippen molar-refractivity contribution in [3.8, 4) is 0 Å². The zero-order valence-corrected chi connectivity index (χ0v) is 18.1. The number of para-hydroxylation sites is 1. The van der Waals surface area contributed by atoms with Crippen LogP contribution in [-0.4, -0.2) is 42.0 Å². The molecular formula is C20H22Cl2FN3OS. The highest BCUT2D eigenvalue weighted by Crippen LogP contribution is 2.33. The van der Waals surface area contributed by atoms with E-state index >= 15 is 0 Å². The summed E-state index contributed by atoms with van der Waals surface area (Å²) in [6, 6.07) is 11.3. The molecule has 0 N–H and O–H groups in total. The van der Waals surface area contributed by atoms with Crippen LogP contribution in [0.4, 0.5) is 9.52 Å². The van der Waals surface area contributed by atoms with Gasteiger partial charge in [-0.2, -0.15) is 0 Å². The normalized spacial score (nSPS) is 10.9. The van der Waals surface area contributed by atoms with Gasteiger partial charge in [-0.25, -0.2) is 9.37 Å². The maximum absolute atomic E-state index is 13.6. The van der Waals surface area contributed by atoms with Crippen LogP contribution in [0, 0.1) is 5.82 Å². The van der Waals surface area contributed by atoms with Gasteiger partial charge in [-0.3, -0.25) is 9.69 Å². The predicted molar refractivity (Wildman–Crippen MR) is 118 cm³/mol. The molecule has 0 radical (unpaired) electrons. The SMILES string of the molecule is CCN(CC)CCN(C(=O)c1cccc(F)c1)c1nc2c(Cl)cccc2s1.Cl. The molecule has 3 aromatic rings. The first-order valence-electron chi connectivity index (χ1n) is 8.88. The molecule has 2 aromatic carbocycles. The van der Waals surface area contributed by atoms with Crippen LogP contribution in [0.5, 0.6) is 0 Å². The molecule has 0 aliphatic carbocycles. The van der Waals surface area contributed by atoms with E-state index in [0.717, 1.165) is 17.8 Å².